The van der Waals surface area contributed by atoms with Gasteiger partial charge in [0, 0.05) is 0 Å². The van der Waals surface area contributed by atoms with Gasteiger partial charge in [-0.1, -0.05) is 6.07 Å². The van der Waals surface area contributed by atoms with Crippen LogP contribution in [0.4, 0.5) is 0 Å². The molecule has 2 fully saturated rings. The largest absolute Gasteiger partial charge is 0.486 e. The van der Waals surface area contributed by atoms with Gasteiger partial charge in [0.1, 0.15) is 13.2 Å². The second-order valence-electron chi connectivity index (χ2n) is 6.51. The van der Waals surface area contributed by atoms with Crippen molar-refractivity contribution in [1.82, 2.24) is 5.32 Å². The molecule has 1 aromatic carbocycles. The van der Waals surface area contributed by atoms with Gasteiger partial charge in [-0.15, -0.1) is 0 Å². The predicted octanol–water partition coefficient (Wildman–Crippen LogP) is 1.75. The van der Waals surface area contributed by atoms with E-state index in [0.717, 1.165) is 24.2 Å². The average molecular weight is 317 g/mol. The zero-order chi connectivity index (χ0) is 16.0. The normalized spacial score (nSPS) is 26.3. The maximum Gasteiger partial charge on any atom is 0.307 e. The third-order valence-electron chi connectivity index (χ3n) is 4.76. The van der Waals surface area contributed by atoms with E-state index >= 15 is 0 Å². The number of aliphatic carboxylic acids is 1. The average Bonchev–Trinajstić information content (AvgIpc) is 3.44. The first-order valence-electron chi connectivity index (χ1n) is 8.06. The van der Waals surface area contributed by atoms with Crippen molar-refractivity contribution < 1.29 is 24.2 Å². The Morgan fingerprint density at radius 2 is 1.87 bits per heavy atom. The fourth-order valence-corrected chi connectivity index (χ4v) is 3.17. The smallest absolute Gasteiger partial charge is 0.307 e. The summed E-state index contributed by atoms with van der Waals surface area (Å²) in [5.41, 5.74) is 0.998. The maximum atomic E-state index is 12.3. The Hall–Kier alpha value is -2.24. The molecule has 1 aliphatic heterocycles. The molecule has 4 rings (SSSR count). The summed E-state index contributed by atoms with van der Waals surface area (Å²) in [7, 11) is 0. The summed E-state index contributed by atoms with van der Waals surface area (Å²) in [5, 5.41) is 12.0. The zero-order valence-corrected chi connectivity index (χ0v) is 12.7. The summed E-state index contributed by atoms with van der Waals surface area (Å²) < 4.78 is 11.1. The highest BCUT2D eigenvalue weighted by Crippen LogP contribution is 2.45. The summed E-state index contributed by atoms with van der Waals surface area (Å²) in [6.07, 6.45) is 2.60. The first-order valence-corrected chi connectivity index (χ1v) is 8.06. The van der Waals surface area contributed by atoms with Gasteiger partial charge in [0.25, 0.3) is 0 Å². The minimum Gasteiger partial charge on any atom is -0.486 e. The fraction of sp³-hybridized carbons (Fsp3) is 0.529. The number of carbonyl (C=O) groups excluding carboxylic acids is 1. The van der Waals surface area contributed by atoms with Crippen molar-refractivity contribution in [2.75, 3.05) is 13.2 Å². The standard InChI is InChI=1S/C17H19NO5/c19-16(11-8-12(11)17(20)21)18-15(9-1-2-9)10-3-4-13-14(7-10)23-6-5-22-13/h3-4,7,9,11-12,15H,1-2,5-6,8H2,(H,18,19)(H,20,21)/t11-,12+,15-/m0/s1. The highest BCUT2D eigenvalue weighted by Gasteiger charge is 2.49. The van der Waals surface area contributed by atoms with Crippen LogP contribution in [0.1, 0.15) is 30.9 Å². The SMILES string of the molecule is O=C(N[C@H](c1ccc2c(c1)OCCO2)C1CC1)[C@H]1C[C@H]1C(=O)O. The lowest BCUT2D eigenvalue weighted by molar-refractivity contribution is -0.140. The first kappa shape index (κ1) is 14.4. The molecular formula is C17H19NO5. The van der Waals surface area contributed by atoms with Gasteiger partial charge in [0.15, 0.2) is 11.5 Å². The Bertz CT molecular complexity index is 654. The Balaban J connectivity index is 1.50. The Labute approximate surface area is 133 Å². The van der Waals surface area contributed by atoms with E-state index in [9.17, 15) is 9.59 Å². The highest BCUT2D eigenvalue weighted by molar-refractivity contribution is 5.89. The third-order valence-corrected chi connectivity index (χ3v) is 4.76. The van der Waals surface area contributed by atoms with Gasteiger partial charge in [-0.3, -0.25) is 9.59 Å². The van der Waals surface area contributed by atoms with Crippen molar-refractivity contribution in [2.24, 2.45) is 17.8 Å². The van der Waals surface area contributed by atoms with E-state index in [4.69, 9.17) is 14.6 Å². The molecule has 23 heavy (non-hydrogen) atoms. The highest BCUT2D eigenvalue weighted by atomic mass is 16.6. The quantitative estimate of drug-likeness (QED) is 0.864. The van der Waals surface area contributed by atoms with Gasteiger partial charge < -0.3 is 19.9 Å². The third kappa shape index (κ3) is 2.85. The number of carboxylic acids is 1. The number of rotatable bonds is 5. The summed E-state index contributed by atoms with van der Waals surface area (Å²) in [6, 6.07) is 5.69. The van der Waals surface area contributed by atoms with E-state index in [1.165, 1.54) is 0 Å². The van der Waals surface area contributed by atoms with Gasteiger partial charge in [0.2, 0.25) is 5.91 Å². The van der Waals surface area contributed by atoms with Crippen LogP contribution in [0.15, 0.2) is 18.2 Å². The summed E-state index contributed by atoms with van der Waals surface area (Å²) in [5.74, 6) is -0.0706. The molecule has 0 radical (unpaired) electrons. The molecule has 1 heterocycles. The molecule has 2 aliphatic carbocycles. The summed E-state index contributed by atoms with van der Waals surface area (Å²) >= 11 is 0. The number of amides is 1. The van der Waals surface area contributed by atoms with Gasteiger partial charge in [-0.05, 0) is 42.9 Å². The van der Waals surface area contributed by atoms with Gasteiger partial charge >= 0.3 is 5.97 Å². The molecule has 0 spiro atoms. The minimum atomic E-state index is -0.882. The molecule has 2 saturated carbocycles. The first-order chi connectivity index (χ1) is 11.1. The topological polar surface area (TPSA) is 84.9 Å². The van der Waals surface area contributed by atoms with Crippen molar-refractivity contribution in [3.05, 3.63) is 23.8 Å². The predicted molar refractivity (Wildman–Crippen MR) is 80.3 cm³/mol. The molecular weight excluding hydrogens is 298 g/mol. The van der Waals surface area contributed by atoms with Crippen LogP contribution >= 0.6 is 0 Å². The van der Waals surface area contributed by atoms with Crippen LogP contribution in [0.25, 0.3) is 0 Å². The van der Waals surface area contributed by atoms with Gasteiger partial charge in [-0.2, -0.15) is 0 Å². The van der Waals surface area contributed by atoms with Crippen LogP contribution in [0.5, 0.6) is 11.5 Å². The molecule has 0 bridgehead atoms. The van der Waals surface area contributed by atoms with Crippen LogP contribution < -0.4 is 14.8 Å². The molecule has 6 heteroatoms. The number of fused-ring (bicyclic) bond motifs is 1. The second kappa shape index (κ2) is 5.44. The van der Waals surface area contributed by atoms with E-state index in [-0.39, 0.29) is 17.9 Å². The lowest BCUT2D eigenvalue weighted by atomic mass is 10.0. The lowest BCUT2D eigenvalue weighted by Crippen LogP contribution is -2.32. The van der Waals surface area contributed by atoms with E-state index in [0.29, 0.717) is 31.3 Å². The monoisotopic (exact) mass is 317 g/mol. The molecule has 0 saturated heterocycles. The molecule has 0 aromatic heterocycles. The molecule has 0 unspecified atom stereocenters. The number of ether oxygens (including phenoxy) is 2. The summed E-state index contributed by atoms with van der Waals surface area (Å²) in [4.78, 5) is 23.2. The molecule has 3 atom stereocenters. The Morgan fingerprint density at radius 3 is 2.52 bits per heavy atom. The molecule has 1 amide bonds. The number of hydrogen-bond acceptors (Lipinski definition) is 4. The number of nitrogens with one attached hydrogen (secondary N) is 1. The number of hydrogen-bond donors (Lipinski definition) is 2. The Morgan fingerprint density at radius 1 is 1.13 bits per heavy atom. The van der Waals surface area contributed by atoms with Crippen LogP contribution in [0.3, 0.4) is 0 Å². The fourth-order valence-electron chi connectivity index (χ4n) is 3.17. The van der Waals surface area contributed by atoms with Crippen LogP contribution in [0.2, 0.25) is 0 Å². The number of carboxylic acid groups (broad SMARTS) is 1. The van der Waals surface area contributed by atoms with E-state index < -0.39 is 11.9 Å². The maximum absolute atomic E-state index is 12.3. The van der Waals surface area contributed by atoms with Crippen LogP contribution in [-0.2, 0) is 9.59 Å². The van der Waals surface area contributed by atoms with Crippen molar-refractivity contribution in [1.29, 1.82) is 0 Å². The van der Waals surface area contributed by atoms with Crippen molar-refractivity contribution in [3.8, 4) is 11.5 Å². The van der Waals surface area contributed by atoms with Crippen LogP contribution in [-0.4, -0.2) is 30.2 Å². The molecule has 1 aromatic rings. The molecule has 2 N–H and O–H groups in total. The van der Waals surface area contributed by atoms with E-state index in [2.05, 4.69) is 5.32 Å². The van der Waals surface area contributed by atoms with E-state index in [1.54, 1.807) is 0 Å². The van der Waals surface area contributed by atoms with Gasteiger partial charge in [0.05, 0.1) is 17.9 Å². The minimum absolute atomic E-state index is 0.0756. The van der Waals surface area contributed by atoms with Crippen molar-refractivity contribution >= 4 is 11.9 Å². The molecule has 122 valence electrons. The second-order valence-corrected chi connectivity index (χ2v) is 6.51. The van der Waals surface area contributed by atoms with Crippen LogP contribution in [0, 0.1) is 17.8 Å². The molecule has 3 aliphatic rings. The van der Waals surface area contributed by atoms with Crippen molar-refractivity contribution in [2.45, 2.75) is 25.3 Å². The van der Waals surface area contributed by atoms with Gasteiger partial charge in [-0.25, -0.2) is 0 Å². The number of benzene rings is 1. The number of carbonyl (C=O) groups is 2. The van der Waals surface area contributed by atoms with Crippen molar-refractivity contribution in [3.63, 3.8) is 0 Å². The summed E-state index contributed by atoms with van der Waals surface area (Å²) in [6.45, 7) is 1.08. The lowest BCUT2D eigenvalue weighted by Gasteiger charge is -2.23. The zero-order valence-electron chi connectivity index (χ0n) is 12.7. The Kier molecular flexibility index (Phi) is 3.39. The van der Waals surface area contributed by atoms with E-state index in [1.807, 2.05) is 18.2 Å². The molecule has 6 nitrogen and oxygen atoms in total.